The second kappa shape index (κ2) is 4.06. The molecule has 1 N–H and O–H groups in total. The maximum Gasteiger partial charge on any atom is 0.446 e. The van der Waals surface area contributed by atoms with Crippen molar-refractivity contribution >= 4 is 11.8 Å². The third-order valence-electron chi connectivity index (χ3n) is 2.34. The predicted molar refractivity (Wildman–Crippen MR) is 53.7 cm³/mol. The molecule has 0 aromatic heterocycles. The van der Waals surface area contributed by atoms with Crippen LogP contribution in [0.2, 0.25) is 0 Å². The highest BCUT2D eigenvalue weighted by Gasteiger charge is 2.29. The number of benzene rings is 1. The maximum absolute atomic E-state index is 12.0. The average molecular weight is 233 g/mol. The molecule has 1 aliphatic heterocycles. The van der Waals surface area contributed by atoms with Gasteiger partial charge in [0, 0.05) is 10.9 Å². The van der Waals surface area contributed by atoms with Gasteiger partial charge in [-0.3, -0.25) is 0 Å². The van der Waals surface area contributed by atoms with Crippen LogP contribution in [0.15, 0.2) is 29.2 Å². The zero-order valence-electron chi connectivity index (χ0n) is 7.84. The third-order valence-corrected chi connectivity index (χ3v) is 3.08. The van der Waals surface area contributed by atoms with Crippen LogP contribution in [0.3, 0.4) is 0 Å². The van der Waals surface area contributed by atoms with Crippen LogP contribution in [0, 0.1) is 0 Å². The van der Waals surface area contributed by atoms with Gasteiger partial charge in [0.25, 0.3) is 0 Å². The van der Waals surface area contributed by atoms with Gasteiger partial charge in [-0.05, 0) is 42.4 Å². The first kappa shape index (κ1) is 10.8. The summed E-state index contributed by atoms with van der Waals surface area (Å²) in [6.07, 6.45) is 1.06. The Balaban J connectivity index is 2.03. The number of nitrogens with one attached hydrogen (secondary N) is 1. The fourth-order valence-corrected chi connectivity index (χ4v) is 2.01. The van der Waals surface area contributed by atoms with E-state index in [0.717, 1.165) is 18.5 Å². The topological polar surface area (TPSA) is 12.0 Å². The summed E-state index contributed by atoms with van der Waals surface area (Å²) in [6.45, 7) is 0.990. The van der Waals surface area contributed by atoms with Crippen LogP contribution in [-0.4, -0.2) is 12.1 Å². The van der Waals surface area contributed by atoms with Crippen LogP contribution in [0.4, 0.5) is 13.2 Å². The molecule has 0 aliphatic carbocycles. The number of hydrogen-bond donors (Lipinski definition) is 1. The van der Waals surface area contributed by atoms with E-state index >= 15 is 0 Å². The summed E-state index contributed by atoms with van der Waals surface area (Å²) in [7, 11) is 0. The molecule has 1 aliphatic rings. The quantitative estimate of drug-likeness (QED) is 0.786. The molecule has 5 heteroatoms. The van der Waals surface area contributed by atoms with E-state index in [-0.39, 0.29) is 16.7 Å². The number of rotatable bonds is 2. The Kier molecular flexibility index (Phi) is 2.93. The van der Waals surface area contributed by atoms with Gasteiger partial charge in [0.15, 0.2) is 0 Å². The van der Waals surface area contributed by atoms with E-state index in [1.165, 1.54) is 12.1 Å². The van der Waals surface area contributed by atoms with E-state index in [4.69, 9.17) is 0 Å². The molecule has 1 saturated heterocycles. The molecule has 82 valence electrons. The van der Waals surface area contributed by atoms with Crippen LogP contribution in [0.25, 0.3) is 0 Å². The highest BCUT2D eigenvalue weighted by molar-refractivity contribution is 8.00. The van der Waals surface area contributed by atoms with Crippen molar-refractivity contribution in [3.05, 3.63) is 29.8 Å². The summed E-state index contributed by atoms with van der Waals surface area (Å²) < 4.78 is 36.1. The minimum absolute atomic E-state index is 0.0736. The largest absolute Gasteiger partial charge is 0.446 e. The summed E-state index contributed by atoms with van der Waals surface area (Å²) in [5.74, 6) is 0. The molecule has 0 saturated carbocycles. The first-order chi connectivity index (χ1) is 7.04. The van der Waals surface area contributed by atoms with Crippen LogP contribution in [0.5, 0.6) is 0 Å². The second-order valence-electron chi connectivity index (χ2n) is 3.41. The van der Waals surface area contributed by atoms with Gasteiger partial charge < -0.3 is 5.32 Å². The summed E-state index contributed by atoms with van der Waals surface area (Å²) in [5, 5.41) is 3.20. The molecule has 0 bridgehead atoms. The SMILES string of the molecule is FC(F)(F)Sc1ccc([C@H]2CCN2)cc1. The maximum atomic E-state index is 12.0. The van der Waals surface area contributed by atoms with Crippen molar-refractivity contribution in [1.29, 1.82) is 0 Å². The van der Waals surface area contributed by atoms with Gasteiger partial charge in [-0.15, -0.1) is 0 Å². The highest BCUT2D eigenvalue weighted by Crippen LogP contribution is 2.37. The lowest BCUT2D eigenvalue weighted by Gasteiger charge is -2.28. The minimum Gasteiger partial charge on any atom is -0.310 e. The Morgan fingerprint density at radius 2 is 1.80 bits per heavy atom. The van der Waals surface area contributed by atoms with E-state index in [1.807, 2.05) is 0 Å². The summed E-state index contributed by atoms with van der Waals surface area (Å²) >= 11 is -0.0736. The fourth-order valence-electron chi connectivity index (χ4n) is 1.48. The van der Waals surface area contributed by atoms with Gasteiger partial charge >= 0.3 is 5.51 Å². The van der Waals surface area contributed by atoms with Crippen molar-refractivity contribution in [3.8, 4) is 0 Å². The van der Waals surface area contributed by atoms with Crippen LogP contribution < -0.4 is 5.32 Å². The molecule has 0 spiro atoms. The molecule has 1 nitrogen and oxygen atoms in total. The number of alkyl halides is 3. The van der Waals surface area contributed by atoms with Gasteiger partial charge in [0.05, 0.1) is 0 Å². The van der Waals surface area contributed by atoms with Crippen molar-refractivity contribution in [1.82, 2.24) is 5.32 Å². The molecular weight excluding hydrogens is 223 g/mol. The van der Waals surface area contributed by atoms with E-state index in [1.54, 1.807) is 12.1 Å². The number of thioether (sulfide) groups is 1. The predicted octanol–water partition coefficient (Wildman–Crippen LogP) is 3.33. The summed E-state index contributed by atoms with van der Waals surface area (Å²) in [6, 6.07) is 6.88. The van der Waals surface area contributed by atoms with Gasteiger partial charge in [-0.1, -0.05) is 12.1 Å². The summed E-state index contributed by atoms with van der Waals surface area (Å²) in [4.78, 5) is 0.241. The highest BCUT2D eigenvalue weighted by atomic mass is 32.2. The van der Waals surface area contributed by atoms with Crippen molar-refractivity contribution < 1.29 is 13.2 Å². The Morgan fingerprint density at radius 3 is 2.20 bits per heavy atom. The van der Waals surface area contributed by atoms with E-state index in [2.05, 4.69) is 5.32 Å². The minimum atomic E-state index is -4.20. The lowest BCUT2D eigenvalue weighted by Crippen LogP contribution is -2.34. The van der Waals surface area contributed by atoms with E-state index in [0.29, 0.717) is 6.04 Å². The van der Waals surface area contributed by atoms with Crippen LogP contribution in [-0.2, 0) is 0 Å². The Morgan fingerprint density at radius 1 is 1.20 bits per heavy atom. The monoisotopic (exact) mass is 233 g/mol. The first-order valence-corrected chi connectivity index (χ1v) is 5.45. The van der Waals surface area contributed by atoms with Gasteiger partial charge in [-0.25, -0.2) is 0 Å². The zero-order chi connectivity index (χ0) is 10.9. The van der Waals surface area contributed by atoms with Crippen LogP contribution >= 0.6 is 11.8 Å². The first-order valence-electron chi connectivity index (χ1n) is 4.64. The summed E-state index contributed by atoms with van der Waals surface area (Å²) in [5.41, 5.74) is -3.14. The standard InChI is InChI=1S/C10H10F3NS/c11-10(12,13)15-8-3-1-7(2-4-8)9-5-6-14-9/h1-4,9,14H,5-6H2/t9-/m1/s1. The lowest BCUT2D eigenvalue weighted by molar-refractivity contribution is -0.0328. The molecule has 0 unspecified atom stereocenters. The molecule has 1 heterocycles. The molecule has 15 heavy (non-hydrogen) atoms. The molecule has 0 amide bonds. The Bertz CT molecular complexity index is 330. The van der Waals surface area contributed by atoms with E-state index < -0.39 is 5.51 Å². The van der Waals surface area contributed by atoms with Crippen molar-refractivity contribution in [3.63, 3.8) is 0 Å². The molecule has 1 fully saturated rings. The lowest BCUT2D eigenvalue weighted by atomic mass is 9.98. The third kappa shape index (κ3) is 2.89. The normalized spacial score (nSPS) is 21.1. The number of hydrogen-bond acceptors (Lipinski definition) is 2. The Hall–Kier alpha value is -0.680. The van der Waals surface area contributed by atoms with Crippen molar-refractivity contribution in [2.45, 2.75) is 22.9 Å². The fraction of sp³-hybridized carbons (Fsp3) is 0.400. The molecule has 2 rings (SSSR count). The van der Waals surface area contributed by atoms with Gasteiger partial charge in [0.2, 0.25) is 0 Å². The smallest absolute Gasteiger partial charge is 0.310 e. The molecule has 1 aromatic carbocycles. The molecule has 1 atom stereocenters. The second-order valence-corrected chi connectivity index (χ2v) is 4.55. The van der Waals surface area contributed by atoms with E-state index in [9.17, 15) is 13.2 Å². The molecule has 1 aromatic rings. The van der Waals surface area contributed by atoms with Gasteiger partial charge in [-0.2, -0.15) is 13.2 Å². The van der Waals surface area contributed by atoms with Gasteiger partial charge in [0.1, 0.15) is 0 Å². The van der Waals surface area contributed by atoms with Crippen molar-refractivity contribution in [2.75, 3.05) is 6.54 Å². The zero-order valence-corrected chi connectivity index (χ0v) is 8.66. The molecule has 0 radical (unpaired) electrons. The molecular formula is C10H10F3NS. The average Bonchev–Trinajstić information content (AvgIpc) is 2.02. The van der Waals surface area contributed by atoms with Crippen molar-refractivity contribution in [2.24, 2.45) is 0 Å². The Labute approximate surface area is 90.1 Å². The number of halogens is 3. The van der Waals surface area contributed by atoms with Crippen LogP contribution in [0.1, 0.15) is 18.0 Å².